The Bertz CT molecular complexity index is 193. The number of hydrogen-bond acceptors (Lipinski definition) is 1. The summed E-state index contributed by atoms with van der Waals surface area (Å²) in [5.41, 5.74) is -0.175. The van der Waals surface area contributed by atoms with E-state index in [9.17, 15) is 4.79 Å². The zero-order valence-corrected chi connectivity index (χ0v) is 8.21. The molecule has 0 N–H and O–H groups in total. The van der Waals surface area contributed by atoms with Gasteiger partial charge >= 0.3 is 0 Å². The van der Waals surface area contributed by atoms with Crippen LogP contribution in [0.4, 0.5) is 0 Å². The summed E-state index contributed by atoms with van der Waals surface area (Å²) in [4.78, 5) is 10.7. The van der Waals surface area contributed by atoms with Crippen molar-refractivity contribution in [3.05, 3.63) is 12.2 Å². The predicted molar refractivity (Wildman–Crippen MR) is 50.9 cm³/mol. The molecule has 0 aromatic heterocycles. The van der Waals surface area contributed by atoms with E-state index in [2.05, 4.69) is 26.0 Å². The highest BCUT2D eigenvalue weighted by molar-refractivity contribution is 5.62. The third kappa shape index (κ3) is 1.96. The Balaban J connectivity index is 2.64. The molecule has 0 heterocycles. The van der Waals surface area contributed by atoms with Gasteiger partial charge < -0.3 is 4.79 Å². The van der Waals surface area contributed by atoms with E-state index in [1.54, 1.807) is 0 Å². The lowest BCUT2D eigenvalue weighted by Crippen LogP contribution is -2.22. The molecule has 0 aliphatic heterocycles. The van der Waals surface area contributed by atoms with Crippen LogP contribution >= 0.6 is 0 Å². The van der Waals surface area contributed by atoms with Gasteiger partial charge in [0.2, 0.25) is 0 Å². The lowest BCUT2D eigenvalue weighted by atomic mass is 9.75. The molecule has 1 rings (SSSR count). The highest BCUT2D eigenvalue weighted by Crippen LogP contribution is 2.33. The molecule has 0 aromatic rings. The van der Waals surface area contributed by atoms with Gasteiger partial charge in [0.25, 0.3) is 0 Å². The van der Waals surface area contributed by atoms with Gasteiger partial charge in [-0.05, 0) is 31.6 Å². The van der Waals surface area contributed by atoms with Crippen LogP contribution in [0.15, 0.2) is 12.2 Å². The van der Waals surface area contributed by atoms with Crippen molar-refractivity contribution in [1.82, 2.24) is 0 Å². The number of carbonyl (C=O) groups excluding carboxylic acids is 1. The molecule has 1 heteroatoms. The summed E-state index contributed by atoms with van der Waals surface area (Å²) >= 11 is 0. The molecule has 1 nitrogen and oxygen atoms in total. The molecule has 0 aromatic carbocycles. The van der Waals surface area contributed by atoms with Crippen molar-refractivity contribution in [2.75, 3.05) is 0 Å². The molecule has 0 saturated carbocycles. The fourth-order valence-electron chi connectivity index (χ4n) is 1.65. The number of hydrogen-bond donors (Lipinski definition) is 0. The quantitative estimate of drug-likeness (QED) is 0.455. The number of carbonyl (C=O) groups is 1. The van der Waals surface area contributed by atoms with E-state index >= 15 is 0 Å². The molecular weight excluding hydrogens is 148 g/mol. The van der Waals surface area contributed by atoms with Crippen molar-refractivity contribution in [3.63, 3.8) is 0 Å². The van der Waals surface area contributed by atoms with Crippen LogP contribution in [0.1, 0.15) is 33.6 Å². The van der Waals surface area contributed by atoms with Crippen LogP contribution in [-0.4, -0.2) is 6.29 Å². The summed E-state index contributed by atoms with van der Waals surface area (Å²) in [7, 11) is 0. The first kappa shape index (κ1) is 9.50. The number of aldehydes is 1. The topological polar surface area (TPSA) is 17.1 Å². The lowest BCUT2D eigenvalue weighted by molar-refractivity contribution is -0.114. The Morgan fingerprint density at radius 2 is 2.25 bits per heavy atom. The van der Waals surface area contributed by atoms with Gasteiger partial charge in [-0.3, -0.25) is 0 Å². The minimum Gasteiger partial charge on any atom is -0.302 e. The van der Waals surface area contributed by atoms with E-state index in [0.717, 1.165) is 19.1 Å². The van der Waals surface area contributed by atoms with E-state index in [-0.39, 0.29) is 5.41 Å². The highest BCUT2D eigenvalue weighted by atomic mass is 16.1. The van der Waals surface area contributed by atoms with Crippen LogP contribution < -0.4 is 0 Å². The van der Waals surface area contributed by atoms with Gasteiger partial charge in [0, 0.05) is 5.41 Å². The maximum Gasteiger partial charge on any atom is 0.129 e. The van der Waals surface area contributed by atoms with Gasteiger partial charge in [-0.25, -0.2) is 0 Å². The monoisotopic (exact) mass is 166 g/mol. The molecule has 0 radical (unpaired) electrons. The van der Waals surface area contributed by atoms with E-state index in [1.165, 1.54) is 0 Å². The summed E-state index contributed by atoms with van der Waals surface area (Å²) in [6.07, 6.45) is 7.52. The van der Waals surface area contributed by atoms with Crippen LogP contribution in [0.2, 0.25) is 0 Å². The van der Waals surface area contributed by atoms with Gasteiger partial charge in [0.1, 0.15) is 6.29 Å². The van der Waals surface area contributed by atoms with E-state index in [4.69, 9.17) is 0 Å². The first-order valence-electron chi connectivity index (χ1n) is 4.73. The molecule has 1 aliphatic rings. The second-order valence-electron chi connectivity index (χ2n) is 4.43. The second kappa shape index (κ2) is 3.42. The molecule has 2 unspecified atom stereocenters. The van der Waals surface area contributed by atoms with Crippen molar-refractivity contribution in [2.45, 2.75) is 33.6 Å². The first-order chi connectivity index (χ1) is 5.57. The minimum absolute atomic E-state index is 0.175. The molecule has 12 heavy (non-hydrogen) atoms. The third-order valence-electron chi connectivity index (χ3n) is 2.87. The Morgan fingerprint density at radius 1 is 1.58 bits per heavy atom. The molecule has 0 saturated heterocycles. The minimum atomic E-state index is -0.175. The van der Waals surface area contributed by atoms with Crippen LogP contribution in [0.5, 0.6) is 0 Å². The van der Waals surface area contributed by atoms with E-state index in [0.29, 0.717) is 11.8 Å². The summed E-state index contributed by atoms with van der Waals surface area (Å²) in [5, 5.41) is 0. The van der Waals surface area contributed by atoms with Crippen molar-refractivity contribution in [3.8, 4) is 0 Å². The molecular formula is C11H18O. The molecule has 68 valence electrons. The molecule has 2 atom stereocenters. The molecule has 1 aliphatic carbocycles. The summed E-state index contributed by atoms with van der Waals surface area (Å²) in [6, 6.07) is 0. The average molecular weight is 166 g/mol. The molecule has 0 spiro atoms. The normalized spacial score (nSPS) is 35.5. The SMILES string of the molecule is CC(C)C1C=CC(C)(C=O)CC1. The van der Waals surface area contributed by atoms with Gasteiger partial charge in [0.15, 0.2) is 0 Å². The van der Waals surface area contributed by atoms with Crippen molar-refractivity contribution in [1.29, 1.82) is 0 Å². The Kier molecular flexibility index (Phi) is 2.71. The second-order valence-corrected chi connectivity index (χ2v) is 4.43. The van der Waals surface area contributed by atoms with Crippen LogP contribution in [0, 0.1) is 17.3 Å². The largest absolute Gasteiger partial charge is 0.302 e. The number of allylic oxidation sites excluding steroid dienone is 2. The molecule has 0 bridgehead atoms. The Morgan fingerprint density at radius 3 is 2.58 bits per heavy atom. The summed E-state index contributed by atoms with van der Waals surface area (Å²) < 4.78 is 0. The Labute approximate surface area is 74.9 Å². The zero-order valence-electron chi connectivity index (χ0n) is 8.21. The lowest BCUT2D eigenvalue weighted by Gasteiger charge is -2.29. The molecule has 0 fully saturated rings. The fourth-order valence-corrected chi connectivity index (χ4v) is 1.65. The maximum atomic E-state index is 10.7. The van der Waals surface area contributed by atoms with Crippen LogP contribution in [0.25, 0.3) is 0 Å². The van der Waals surface area contributed by atoms with Crippen molar-refractivity contribution in [2.24, 2.45) is 17.3 Å². The van der Waals surface area contributed by atoms with Gasteiger partial charge in [-0.1, -0.05) is 26.0 Å². The van der Waals surface area contributed by atoms with Crippen molar-refractivity contribution < 1.29 is 4.79 Å². The van der Waals surface area contributed by atoms with Crippen LogP contribution in [-0.2, 0) is 4.79 Å². The summed E-state index contributed by atoms with van der Waals surface area (Å²) in [6.45, 7) is 6.48. The van der Waals surface area contributed by atoms with Crippen molar-refractivity contribution >= 4 is 6.29 Å². The van der Waals surface area contributed by atoms with Gasteiger partial charge in [-0.15, -0.1) is 0 Å². The smallest absolute Gasteiger partial charge is 0.129 e. The average Bonchev–Trinajstić information content (AvgIpc) is 2.05. The van der Waals surface area contributed by atoms with E-state index < -0.39 is 0 Å². The highest BCUT2D eigenvalue weighted by Gasteiger charge is 2.26. The predicted octanol–water partition coefficient (Wildman–Crippen LogP) is 2.81. The first-order valence-corrected chi connectivity index (χ1v) is 4.73. The van der Waals surface area contributed by atoms with Gasteiger partial charge in [0.05, 0.1) is 0 Å². The standard InChI is InChI=1S/C11H18O/c1-9(2)10-4-6-11(3,8-12)7-5-10/h4,6,8-10H,5,7H2,1-3H3. The van der Waals surface area contributed by atoms with Gasteiger partial charge in [-0.2, -0.15) is 0 Å². The van der Waals surface area contributed by atoms with Crippen LogP contribution in [0.3, 0.4) is 0 Å². The Hall–Kier alpha value is -0.590. The fraction of sp³-hybridized carbons (Fsp3) is 0.727. The third-order valence-corrected chi connectivity index (χ3v) is 2.87. The maximum absolute atomic E-state index is 10.7. The van der Waals surface area contributed by atoms with E-state index in [1.807, 2.05) is 6.92 Å². The summed E-state index contributed by atoms with van der Waals surface area (Å²) in [5.74, 6) is 1.38. The number of rotatable bonds is 2. The molecule has 0 amide bonds. The zero-order chi connectivity index (χ0) is 9.19.